The molecule has 0 aliphatic heterocycles. The van der Waals surface area contributed by atoms with Crippen LogP contribution in [0.3, 0.4) is 0 Å². The van der Waals surface area contributed by atoms with E-state index in [-0.39, 0.29) is 5.91 Å². The number of carbonyl (C=O) groups is 2. The molecule has 0 aliphatic rings. The van der Waals surface area contributed by atoms with Crippen molar-refractivity contribution in [2.75, 3.05) is 13.2 Å². The smallest absolute Gasteiger partial charge is 0.328 e. The molecule has 3 rings (SSSR count). The maximum atomic E-state index is 12.8. The Morgan fingerprint density at radius 1 is 0.903 bits per heavy atom. The summed E-state index contributed by atoms with van der Waals surface area (Å²) in [5.74, 6) is -1.08. The zero-order chi connectivity index (χ0) is 22.1. The van der Waals surface area contributed by atoms with E-state index in [0.717, 1.165) is 21.8 Å². The number of H-pyrrole nitrogens is 1. The first-order valence-corrected chi connectivity index (χ1v) is 9.82. The normalized spacial score (nSPS) is 10.5. The monoisotopic (exact) mass is 421 g/mol. The van der Waals surface area contributed by atoms with Gasteiger partial charge >= 0.3 is 11.7 Å². The van der Waals surface area contributed by atoms with Gasteiger partial charge in [-0.15, -0.1) is 0 Å². The van der Waals surface area contributed by atoms with Crippen LogP contribution in [0.25, 0.3) is 0 Å². The molecular weight excluding hydrogens is 398 g/mol. The fourth-order valence-corrected chi connectivity index (χ4v) is 2.99. The molecule has 0 saturated heterocycles. The van der Waals surface area contributed by atoms with Crippen molar-refractivity contribution in [1.82, 2.24) is 14.5 Å². The van der Waals surface area contributed by atoms with Gasteiger partial charge in [0, 0.05) is 25.4 Å². The topological polar surface area (TPSA) is 101 Å². The van der Waals surface area contributed by atoms with Gasteiger partial charge in [0.25, 0.3) is 11.5 Å². The van der Waals surface area contributed by atoms with Crippen LogP contribution < -0.4 is 11.2 Å². The van der Waals surface area contributed by atoms with Gasteiger partial charge in [0.05, 0.1) is 0 Å². The number of nitrogens with one attached hydrogen (secondary N) is 1. The number of rotatable bonds is 9. The third-order valence-corrected chi connectivity index (χ3v) is 4.64. The Kier molecular flexibility index (Phi) is 7.53. The fourth-order valence-electron chi connectivity index (χ4n) is 2.99. The van der Waals surface area contributed by atoms with E-state index in [1.807, 2.05) is 60.7 Å². The highest BCUT2D eigenvalue weighted by molar-refractivity contribution is 5.80. The first kappa shape index (κ1) is 21.8. The second-order valence-electron chi connectivity index (χ2n) is 6.94. The van der Waals surface area contributed by atoms with Crippen LogP contribution in [0.15, 0.2) is 82.5 Å². The summed E-state index contributed by atoms with van der Waals surface area (Å²) in [7, 11) is 0. The Hall–Kier alpha value is -3.94. The minimum atomic E-state index is -0.745. The average Bonchev–Trinajstić information content (AvgIpc) is 2.78. The number of hydrogen-bond acceptors (Lipinski definition) is 5. The molecule has 0 spiro atoms. The van der Waals surface area contributed by atoms with Gasteiger partial charge in [-0.05, 0) is 17.5 Å². The van der Waals surface area contributed by atoms with Crippen LogP contribution in [0.2, 0.25) is 0 Å². The van der Waals surface area contributed by atoms with E-state index in [9.17, 15) is 19.2 Å². The van der Waals surface area contributed by atoms with Gasteiger partial charge in [0.1, 0.15) is 6.54 Å². The van der Waals surface area contributed by atoms with Crippen molar-refractivity contribution in [2.45, 2.75) is 19.5 Å². The van der Waals surface area contributed by atoms with Crippen LogP contribution in [-0.4, -0.2) is 39.5 Å². The second kappa shape index (κ2) is 10.7. The van der Waals surface area contributed by atoms with Gasteiger partial charge in [-0.3, -0.25) is 23.9 Å². The van der Waals surface area contributed by atoms with Gasteiger partial charge in [0.2, 0.25) is 0 Å². The molecular formula is C23H23N3O5. The molecule has 0 bridgehead atoms. The zero-order valence-electron chi connectivity index (χ0n) is 16.9. The number of aromatic nitrogens is 2. The number of hydrogen-bond donors (Lipinski definition) is 1. The summed E-state index contributed by atoms with van der Waals surface area (Å²) in [6.07, 6.45) is 1.87. The molecule has 8 nitrogen and oxygen atoms in total. The van der Waals surface area contributed by atoms with Crippen LogP contribution in [-0.2, 0) is 33.8 Å². The molecule has 0 fully saturated rings. The molecule has 160 valence electrons. The van der Waals surface area contributed by atoms with E-state index in [1.54, 1.807) is 4.90 Å². The summed E-state index contributed by atoms with van der Waals surface area (Å²) in [6, 6.07) is 20.5. The Morgan fingerprint density at radius 2 is 1.55 bits per heavy atom. The maximum absolute atomic E-state index is 12.8. The number of benzene rings is 2. The summed E-state index contributed by atoms with van der Waals surface area (Å²) in [6.45, 7) is 0.0300. The molecule has 31 heavy (non-hydrogen) atoms. The van der Waals surface area contributed by atoms with Crippen LogP contribution >= 0.6 is 0 Å². The predicted octanol–water partition coefficient (Wildman–Crippen LogP) is 1.35. The van der Waals surface area contributed by atoms with Crippen molar-refractivity contribution in [1.29, 1.82) is 0 Å². The van der Waals surface area contributed by atoms with Crippen LogP contribution in [0, 0.1) is 0 Å². The number of esters is 1. The summed E-state index contributed by atoms with van der Waals surface area (Å²) in [4.78, 5) is 51.3. The highest BCUT2D eigenvalue weighted by Gasteiger charge is 2.17. The van der Waals surface area contributed by atoms with Crippen LogP contribution in [0.1, 0.15) is 11.1 Å². The van der Waals surface area contributed by atoms with Crippen molar-refractivity contribution >= 4 is 11.9 Å². The molecule has 0 atom stereocenters. The van der Waals surface area contributed by atoms with Gasteiger partial charge in [-0.2, -0.15) is 0 Å². The molecule has 2 aromatic carbocycles. The van der Waals surface area contributed by atoms with Crippen LogP contribution in [0.5, 0.6) is 0 Å². The highest BCUT2D eigenvalue weighted by Crippen LogP contribution is 2.08. The lowest BCUT2D eigenvalue weighted by atomic mass is 10.1. The van der Waals surface area contributed by atoms with Crippen molar-refractivity contribution < 1.29 is 14.3 Å². The zero-order valence-corrected chi connectivity index (χ0v) is 16.9. The third-order valence-electron chi connectivity index (χ3n) is 4.64. The molecule has 0 saturated carbocycles. The minimum absolute atomic E-state index is 0.332. The van der Waals surface area contributed by atoms with E-state index in [4.69, 9.17) is 4.74 Å². The number of ether oxygens (including phenoxy) is 1. The Bertz CT molecular complexity index is 1120. The van der Waals surface area contributed by atoms with Gasteiger partial charge < -0.3 is 9.64 Å². The summed E-state index contributed by atoms with van der Waals surface area (Å²) >= 11 is 0. The fraction of sp³-hybridized carbons (Fsp3) is 0.217. The van der Waals surface area contributed by atoms with Crippen LogP contribution in [0.4, 0.5) is 0 Å². The minimum Gasteiger partial charge on any atom is -0.454 e. The van der Waals surface area contributed by atoms with E-state index in [0.29, 0.717) is 19.5 Å². The molecule has 8 heteroatoms. The van der Waals surface area contributed by atoms with Gasteiger partial charge in [0.15, 0.2) is 6.61 Å². The van der Waals surface area contributed by atoms with E-state index in [2.05, 4.69) is 4.98 Å². The highest BCUT2D eigenvalue weighted by atomic mass is 16.5. The molecule has 1 aromatic heterocycles. The number of carbonyl (C=O) groups excluding carboxylic acids is 2. The Labute approximate surface area is 178 Å². The molecule has 1 heterocycles. The van der Waals surface area contributed by atoms with Crippen molar-refractivity contribution in [3.8, 4) is 0 Å². The number of nitrogens with zero attached hydrogens (tertiary/aromatic N) is 2. The summed E-state index contributed by atoms with van der Waals surface area (Å²) < 4.78 is 6.09. The third kappa shape index (κ3) is 6.81. The van der Waals surface area contributed by atoms with Gasteiger partial charge in [-0.1, -0.05) is 60.7 Å². The lowest BCUT2D eigenvalue weighted by Gasteiger charge is -2.23. The Balaban J connectivity index is 1.60. The van der Waals surface area contributed by atoms with E-state index in [1.165, 1.54) is 6.20 Å². The number of amides is 1. The van der Waals surface area contributed by atoms with Crippen molar-refractivity contribution in [3.05, 3.63) is 105 Å². The first-order chi connectivity index (χ1) is 15.0. The standard InChI is InChI=1S/C23H23N3O5/c27-20-12-14-26(23(30)24-20)16-22(29)31-17-21(28)25(15-19-9-5-2-6-10-19)13-11-18-7-3-1-4-8-18/h1-10,12,14H,11,13,15-17H2,(H,24,27,30). The largest absolute Gasteiger partial charge is 0.454 e. The summed E-state index contributed by atoms with van der Waals surface area (Å²) in [5, 5.41) is 0. The lowest BCUT2D eigenvalue weighted by Crippen LogP contribution is -2.37. The molecule has 3 aromatic rings. The van der Waals surface area contributed by atoms with E-state index < -0.39 is 30.4 Å². The van der Waals surface area contributed by atoms with E-state index >= 15 is 0 Å². The van der Waals surface area contributed by atoms with Crippen molar-refractivity contribution in [2.24, 2.45) is 0 Å². The molecule has 0 unspecified atom stereocenters. The molecule has 1 amide bonds. The maximum Gasteiger partial charge on any atom is 0.328 e. The molecule has 0 radical (unpaired) electrons. The van der Waals surface area contributed by atoms with Crippen molar-refractivity contribution in [3.63, 3.8) is 0 Å². The predicted molar refractivity (Wildman–Crippen MR) is 114 cm³/mol. The SMILES string of the molecule is O=C(Cn1ccc(=O)[nH]c1=O)OCC(=O)N(CCc1ccccc1)Cc1ccccc1. The van der Waals surface area contributed by atoms with Gasteiger partial charge in [-0.25, -0.2) is 4.79 Å². The molecule has 1 N–H and O–H groups in total. The number of aromatic amines is 1. The average molecular weight is 421 g/mol. The molecule has 0 aliphatic carbocycles. The quantitative estimate of drug-likeness (QED) is 0.526. The Morgan fingerprint density at radius 3 is 2.19 bits per heavy atom. The first-order valence-electron chi connectivity index (χ1n) is 9.82. The second-order valence-corrected chi connectivity index (χ2v) is 6.94. The summed E-state index contributed by atoms with van der Waals surface area (Å²) in [5.41, 5.74) is 0.793. The lowest BCUT2D eigenvalue weighted by molar-refractivity contribution is -0.152.